The van der Waals surface area contributed by atoms with Gasteiger partial charge in [0.05, 0.1) is 6.04 Å². The number of hydrogen-bond acceptors (Lipinski definition) is 3. The van der Waals surface area contributed by atoms with Gasteiger partial charge in [-0.25, -0.2) is 0 Å². The van der Waals surface area contributed by atoms with Gasteiger partial charge in [-0.05, 0) is 13.3 Å². The van der Waals surface area contributed by atoms with E-state index in [0.29, 0.717) is 13.0 Å². The molecule has 5 heteroatoms. The van der Waals surface area contributed by atoms with Crippen molar-refractivity contribution in [1.29, 1.82) is 5.41 Å². The average molecular weight is 158 g/mol. The predicted molar refractivity (Wildman–Crippen MR) is 43.2 cm³/mol. The highest BCUT2D eigenvalue weighted by molar-refractivity contribution is 5.81. The fraction of sp³-hybridized carbons (Fsp3) is 0.667. The number of Topliss-reactive ketones (excluding diaryl/α,β-unsaturated/α-hetero) is 1. The molecule has 0 rings (SSSR count). The molecule has 0 bridgehead atoms. The summed E-state index contributed by atoms with van der Waals surface area (Å²) in [6.45, 7) is 1.91. The fourth-order valence-electron chi connectivity index (χ4n) is 0.566. The molecule has 0 fully saturated rings. The van der Waals surface area contributed by atoms with E-state index < -0.39 is 6.04 Å². The molecule has 0 saturated heterocycles. The van der Waals surface area contributed by atoms with Crippen LogP contribution in [0.1, 0.15) is 13.3 Å². The van der Waals surface area contributed by atoms with Crippen LogP contribution >= 0.6 is 0 Å². The van der Waals surface area contributed by atoms with Crippen molar-refractivity contribution in [1.82, 2.24) is 5.32 Å². The minimum Gasteiger partial charge on any atom is -0.370 e. The van der Waals surface area contributed by atoms with E-state index in [1.165, 1.54) is 6.92 Å². The number of guanidine groups is 1. The zero-order valence-corrected chi connectivity index (χ0v) is 6.55. The second kappa shape index (κ2) is 4.68. The molecule has 0 aromatic carbocycles. The van der Waals surface area contributed by atoms with Crippen LogP contribution in [0.4, 0.5) is 0 Å². The summed E-state index contributed by atoms with van der Waals surface area (Å²) in [7, 11) is 0. The summed E-state index contributed by atoms with van der Waals surface area (Å²) < 4.78 is 0. The van der Waals surface area contributed by atoms with E-state index in [4.69, 9.17) is 16.9 Å². The molecule has 0 amide bonds. The van der Waals surface area contributed by atoms with E-state index in [2.05, 4.69) is 5.32 Å². The highest BCUT2D eigenvalue weighted by Crippen LogP contribution is 1.86. The van der Waals surface area contributed by atoms with Crippen molar-refractivity contribution in [3.63, 3.8) is 0 Å². The van der Waals surface area contributed by atoms with Crippen LogP contribution in [0, 0.1) is 5.41 Å². The topological polar surface area (TPSA) is 105 Å². The molecule has 0 aromatic rings. The SMILES string of the molecule is CC(=O)[C@H](N)CCNC(=N)N. The van der Waals surface area contributed by atoms with Crippen LogP contribution in [0.2, 0.25) is 0 Å². The summed E-state index contributed by atoms with van der Waals surface area (Å²) in [5, 5.41) is 9.35. The van der Waals surface area contributed by atoms with Crippen molar-refractivity contribution in [2.75, 3.05) is 6.54 Å². The Morgan fingerprint density at radius 1 is 1.73 bits per heavy atom. The maximum Gasteiger partial charge on any atom is 0.185 e. The zero-order valence-electron chi connectivity index (χ0n) is 6.55. The smallest absolute Gasteiger partial charge is 0.185 e. The lowest BCUT2D eigenvalue weighted by Gasteiger charge is -2.07. The maximum absolute atomic E-state index is 10.6. The standard InChI is InChI=1S/C6H14N4O/c1-4(11)5(7)2-3-10-6(8)9/h5H,2-3,7H2,1H3,(H4,8,9,10)/t5-/m1/s1. The summed E-state index contributed by atoms with van der Waals surface area (Å²) in [5.74, 6) is -0.142. The maximum atomic E-state index is 10.6. The Balaban J connectivity index is 3.39. The molecule has 0 spiro atoms. The lowest BCUT2D eigenvalue weighted by molar-refractivity contribution is -0.118. The van der Waals surface area contributed by atoms with Crippen molar-refractivity contribution in [3.8, 4) is 0 Å². The van der Waals surface area contributed by atoms with Gasteiger partial charge < -0.3 is 16.8 Å². The lowest BCUT2D eigenvalue weighted by atomic mass is 10.1. The predicted octanol–water partition coefficient (Wildman–Crippen LogP) is -1.22. The van der Waals surface area contributed by atoms with Gasteiger partial charge in [-0.15, -0.1) is 0 Å². The number of carbonyl (C=O) groups is 1. The molecule has 0 aliphatic heterocycles. The van der Waals surface area contributed by atoms with Gasteiger partial charge in [-0.2, -0.15) is 0 Å². The number of ketones is 1. The summed E-state index contributed by atoms with van der Waals surface area (Å²) >= 11 is 0. The molecule has 0 heterocycles. The number of carbonyl (C=O) groups excluding carboxylic acids is 1. The fourth-order valence-corrected chi connectivity index (χ4v) is 0.566. The van der Waals surface area contributed by atoms with Gasteiger partial charge in [0.25, 0.3) is 0 Å². The third kappa shape index (κ3) is 5.35. The van der Waals surface area contributed by atoms with Gasteiger partial charge >= 0.3 is 0 Å². The summed E-state index contributed by atoms with van der Waals surface area (Å²) in [6.07, 6.45) is 0.509. The first-order valence-electron chi connectivity index (χ1n) is 3.38. The molecule has 11 heavy (non-hydrogen) atoms. The van der Waals surface area contributed by atoms with Gasteiger partial charge in [-0.3, -0.25) is 10.2 Å². The molecule has 6 N–H and O–H groups in total. The van der Waals surface area contributed by atoms with Gasteiger partial charge in [0, 0.05) is 6.54 Å². The van der Waals surface area contributed by atoms with E-state index in [0.717, 1.165) is 0 Å². The van der Waals surface area contributed by atoms with Crippen molar-refractivity contribution < 1.29 is 4.79 Å². The normalized spacial score (nSPS) is 12.2. The molecular weight excluding hydrogens is 144 g/mol. The van der Waals surface area contributed by atoms with Gasteiger partial charge in [0.1, 0.15) is 5.78 Å². The van der Waals surface area contributed by atoms with Crippen LogP contribution in [0.15, 0.2) is 0 Å². The van der Waals surface area contributed by atoms with Crippen LogP contribution in [0.25, 0.3) is 0 Å². The Labute approximate surface area is 65.6 Å². The second-order valence-electron chi connectivity index (χ2n) is 2.35. The summed E-state index contributed by atoms with van der Waals surface area (Å²) in [4.78, 5) is 10.6. The van der Waals surface area contributed by atoms with Crippen molar-refractivity contribution in [3.05, 3.63) is 0 Å². The number of hydrogen-bond donors (Lipinski definition) is 4. The zero-order chi connectivity index (χ0) is 8.85. The van der Waals surface area contributed by atoms with Crippen LogP contribution < -0.4 is 16.8 Å². The van der Waals surface area contributed by atoms with Crippen molar-refractivity contribution in [2.24, 2.45) is 11.5 Å². The Morgan fingerprint density at radius 2 is 2.27 bits per heavy atom. The minimum absolute atomic E-state index is 0.0460. The molecule has 0 radical (unpaired) electrons. The summed E-state index contributed by atoms with van der Waals surface area (Å²) in [5.41, 5.74) is 10.4. The molecule has 0 unspecified atom stereocenters. The van der Waals surface area contributed by atoms with Gasteiger partial charge in [-0.1, -0.05) is 0 Å². The van der Waals surface area contributed by atoms with Crippen LogP contribution in [-0.2, 0) is 4.79 Å². The third-order valence-corrected chi connectivity index (χ3v) is 1.29. The van der Waals surface area contributed by atoms with E-state index in [1.54, 1.807) is 0 Å². The Hall–Kier alpha value is -1.10. The van der Waals surface area contributed by atoms with Crippen LogP contribution in [0.5, 0.6) is 0 Å². The first-order chi connectivity index (χ1) is 5.04. The van der Waals surface area contributed by atoms with Crippen LogP contribution in [-0.4, -0.2) is 24.3 Å². The Bertz CT molecular complexity index is 157. The highest BCUT2D eigenvalue weighted by Gasteiger charge is 2.06. The Kier molecular flexibility index (Phi) is 4.21. The molecule has 0 aliphatic carbocycles. The first-order valence-corrected chi connectivity index (χ1v) is 3.38. The minimum atomic E-state index is -0.443. The van der Waals surface area contributed by atoms with E-state index in [1.807, 2.05) is 0 Å². The van der Waals surface area contributed by atoms with Crippen molar-refractivity contribution in [2.45, 2.75) is 19.4 Å². The van der Waals surface area contributed by atoms with Gasteiger partial charge in [0.15, 0.2) is 5.96 Å². The van der Waals surface area contributed by atoms with Gasteiger partial charge in [0.2, 0.25) is 0 Å². The average Bonchev–Trinajstić information content (AvgIpc) is 1.86. The number of nitrogens with one attached hydrogen (secondary N) is 2. The monoisotopic (exact) mass is 158 g/mol. The molecule has 64 valence electrons. The molecule has 5 nitrogen and oxygen atoms in total. The molecule has 0 aromatic heterocycles. The highest BCUT2D eigenvalue weighted by atomic mass is 16.1. The molecule has 0 saturated carbocycles. The Morgan fingerprint density at radius 3 is 2.64 bits per heavy atom. The quantitative estimate of drug-likeness (QED) is 0.304. The largest absolute Gasteiger partial charge is 0.370 e. The first kappa shape index (κ1) is 9.90. The van der Waals surface area contributed by atoms with Crippen LogP contribution in [0.3, 0.4) is 0 Å². The van der Waals surface area contributed by atoms with E-state index >= 15 is 0 Å². The summed E-state index contributed by atoms with van der Waals surface area (Å²) in [6, 6.07) is -0.443. The van der Waals surface area contributed by atoms with E-state index in [-0.39, 0.29) is 11.7 Å². The number of rotatable bonds is 4. The third-order valence-electron chi connectivity index (χ3n) is 1.29. The van der Waals surface area contributed by atoms with E-state index in [9.17, 15) is 4.79 Å². The number of nitrogens with two attached hydrogens (primary N) is 2. The molecular formula is C6H14N4O. The lowest BCUT2D eigenvalue weighted by Crippen LogP contribution is -2.36. The molecule has 0 aliphatic rings. The second-order valence-corrected chi connectivity index (χ2v) is 2.35. The van der Waals surface area contributed by atoms with Crippen molar-refractivity contribution >= 4 is 11.7 Å². The molecule has 1 atom stereocenters.